The van der Waals surface area contributed by atoms with Crippen LogP contribution in [-0.2, 0) is 20.9 Å². The first-order chi connectivity index (χ1) is 13.5. The molecule has 1 atom stereocenters. The third-order valence-electron chi connectivity index (χ3n) is 6.30. The van der Waals surface area contributed by atoms with Crippen molar-refractivity contribution in [1.29, 1.82) is 0 Å². The van der Waals surface area contributed by atoms with Gasteiger partial charge in [0, 0.05) is 49.2 Å². The zero-order valence-corrected chi connectivity index (χ0v) is 15.4. The van der Waals surface area contributed by atoms with Crippen LogP contribution in [0.1, 0.15) is 45.5 Å². The van der Waals surface area contributed by atoms with Gasteiger partial charge >= 0.3 is 0 Å². The van der Waals surface area contributed by atoms with Crippen LogP contribution in [0.15, 0.2) is 18.2 Å². The van der Waals surface area contributed by atoms with E-state index in [1.165, 1.54) is 4.90 Å². The molecule has 0 bridgehead atoms. The lowest BCUT2D eigenvalue weighted by atomic mass is 9.79. The number of rotatable bonds is 2. The topological polar surface area (TPSA) is 96.0 Å². The number of nitrogens with zero attached hydrogens (tertiary/aromatic N) is 2. The zero-order valence-electron chi connectivity index (χ0n) is 15.4. The van der Waals surface area contributed by atoms with Crippen molar-refractivity contribution in [3.8, 4) is 0 Å². The normalized spacial score (nSPS) is 25.7. The van der Waals surface area contributed by atoms with E-state index in [2.05, 4.69) is 5.32 Å². The SMILES string of the molecule is O=C1CCC(N2Cc3cc(C(=O)N4CC5(CCOC5)C4)ccc3C2=O)C(=O)N1. The third-order valence-corrected chi connectivity index (χ3v) is 6.30. The molecule has 8 nitrogen and oxygen atoms in total. The van der Waals surface area contributed by atoms with Crippen LogP contribution >= 0.6 is 0 Å². The van der Waals surface area contributed by atoms with Crippen molar-refractivity contribution < 1.29 is 23.9 Å². The Morgan fingerprint density at radius 2 is 2.04 bits per heavy atom. The van der Waals surface area contributed by atoms with E-state index in [0.29, 0.717) is 30.6 Å². The van der Waals surface area contributed by atoms with Crippen molar-refractivity contribution in [2.45, 2.75) is 31.8 Å². The van der Waals surface area contributed by atoms with Crippen LogP contribution in [0.25, 0.3) is 0 Å². The molecule has 1 unspecified atom stereocenters. The van der Waals surface area contributed by atoms with Gasteiger partial charge in [-0.1, -0.05) is 0 Å². The van der Waals surface area contributed by atoms with Gasteiger partial charge in [0.2, 0.25) is 11.8 Å². The number of carbonyl (C=O) groups is 4. The fourth-order valence-electron chi connectivity index (χ4n) is 4.70. The van der Waals surface area contributed by atoms with E-state index in [9.17, 15) is 19.2 Å². The molecule has 0 aliphatic carbocycles. The number of piperidine rings is 1. The Morgan fingerprint density at radius 3 is 2.75 bits per heavy atom. The number of benzene rings is 1. The molecule has 146 valence electrons. The predicted molar refractivity (Wildman–Crippen MR) is 96.3 cm³/mol. The van der Waals surface area contributed by atoms with E-state index in [4.69, 9.17) is 4.74 Å². The lowest BCUT2D eigenvalue weighted by Gasteiger charge is -2.47. The highest BCUT2D eigenvalue weighted by Crippen LogP contribution is 2.39. The van der Waals surface area contributed by atoms with E-state index in [-0.39, 0.29) is 36.1 Å². The zero-order chi connectivity index (χ0) is 19.5. The Hall–Kier alpha value is -2.74. The number of hydrogen-bond donors (Lipinski definition) is 1. The summed E-state index contributed by atoms with van der Waals surface area (Å²) in [6.45, 7) is 3.18. The number of amides is 4. The molecule has 4 aliphatic rings. The van der Waals surface area contributed by atoms with Crippen molar-refractivity contribution >= 4 is 23.6 Å². The average Bonchev–Trinajstić information content (AvgIpc) is 3.25. The van der Waals surface area contributed by atoms with Crippen molar-refractivity contribution in [2.24, 2.45) is 5.41 Å². The lowest BCUT2D eigenvalue weighted by Crippen LogP contribution is -2.58. The highest BCUT2D eigenvalue weighted by molar-refractivity contribution is 6.06. The Labute approximate surface area is 161 Å². The third kappa shape index (κ3) is 2.63. The van der Waals surface area contributed by atoms with Gasteiger partial charge in [0.25, 0.3) is 11.8 Å². The number of imide groups is 1. The first-order valence-electron chi connectivity index (χ1n) is 9.60. The summed E-state index contributed by atoms with van der Waals surface area (Å²) in [6.07, 6.45) is 1.55. The smallest absolute Gasteiger partial charge is 0.255 e. The van der Waals surface area contributed by atoms with Crippen LogP contribution in [-0.4, -0.2) is 65.8 Å². The molecule has 28 heavy (non-hydrogen) atoms. The highest BCUT2D eigenvalue weighted by Gasteiger charge is 2.48. The van der Waals surface area contributed by atoms with Gasteiger partial charge < -0.3 is 14.5 Å². The molecule has 1 aromatic rings. The molecule has 1 spiro atoms. The molecule has 4 amide bonds. The molecule has 3 fully saturated rings. The summed E-state index contributed by atoms with van der Waals surface area (Å²) >= 11 is 0. The van der Waals surface area contributed by atoms with Crippen molar-refractivity contribution in [3.63, 3.8) is 0 Å². The van der Waals surface area contributed by atoms with Crippen LogP contribution in [0.4, 0.5) is 0 Å². The molecule has 1 aromatic carbocycles. The molecular weight excluding hydrogens is 362 g/mol. The quantitative estimate of drug-likeness (QED) is 0.742. The minimum absolute atomic E-state index is 0.0350. The molecule has 3 saturated heterocycles. The second-order valence-corrected chi connectivity index (χ2v) is 8.24. The minimum atomic E-state index is -0.644. The van der Waals surface area contributed by atoms with Crippen molar-refractivity contribution in [3.05, 3.63) is 34.9 Å². The monoisotopic (exact) mass is 383 g/mol. The number of hydrogen-bond acceptors (Lipinski definition) is 5. The lowest BCUT2D eigenvalue weighted by molar-refractivity contribution is -0.136. The van der Waals surface area contributed by atoms with E-state index in [0.717, 1.165) is 25.2 Å². The van der Waals surface area contributed by atoms with Gasteiger partial charge in [-0.15, -0.1) is 0 Å². The van der Waals surface area contributed by atoms with E-state index < -0.39 is 11.9 Å². The standard InChI is InChI=1S/C20H21N3O5/c24-16-4-3-15(17(25)21-16)23-8-13-7-12(1-2-14(13)19(23)27)18(26)22-9-20(10-22)5-6-28-11-20/h1-2,7,15H,3-6,8-11H2,(H,21,24,25). The number of carbonyl (C=O) groups excluding carboxylic acids is 4. The summed E-state index contributed by atoms with van der Waals surface area (Å²) in [6, 6.07) is 4.47. The average molecular weight is 383 g/mol. The molecule has 4 aliphatic heterocycles. The molecule has 1 N–H and O–H groups in total. The van der Waals surface area contributed by atoms with Gasteiger partial charge in [-0.3, -0.25) is 24.5 Å². The summed E-state index contributed by atoms with van der Waals surface area (Å²) in [4.78, 5) is 52.3. The highest BCUT2D eigenvalue weighted by atomic mass is 16.5. The molecule has 5 rings (SSSR count). The van der Waals surface area contributed by atoms with Gasteiger partial charge in [0.05, 0.1) is 6.61 Å². The summed E-state index contributed by atoms with van der Waals surface area (Å²) in [7, 11) is 0. The summed E-state index contributed by atoms with van der Waals surface area (Å²) in [5.74, 6) is -1.00. The van der Waals surface area contributed by atoms with Crippen LogP contribution in [0, 0.1) is 5.41 Å². The minimum Gasteiger partial charge on any atom is -0.381 e. The summed E-state index contributed by atoms with van der Waals surface area (Å²) in [5.41, 5.74) is 1.96. The van der Waals surface area contributed by atoms with Gasteiger partial charge in [0.15, 0.2) is 0 Å². The summed E-state index contributed by atoms with van der Waals surface area (Å²) in [5, 5.41) is 2.29. The second-order valence-electron chi connectivity index (χ2n) is 8.24. The Balaban J connectivity index is 1.31. The van der Waals surface area contributed by atoms with Gasteiger partial charge in [0.1, 0.15) is 6.04 Å². The number of ether oxygens (including phenoxy) is 1. The Morgan fingerprint density at radius 1 is 1.21 bits per heavy atom. The van der Waals surface area contributed by atoms with E-state index in [1.54, 1.807) is 18.2 Å². The van der Waals surface area contributed by atoms with Gasteiger partial charge in [-0.25, -0.2) is 0 Å². The first-order valence-corrected chi connectivity index (χ1v) is 9.60. The van der Waals surface area contributed by atoms with Crippen molar-refractivity contribution in [1.82, 2.24) is 15.1 Å². The van der Waals surface area contributed by atoms with Gasteiger partial charge in [-0.05, 0) is 36.6 Å². The van der Waals surface area contributed by atoms with E-state index in [1.807, 2.05) is 4.90 Å². The number of fused-ring (bicyclic) bond motifs is 1. The van der Waals surface area contributed by atoms with Gasteiger partial charge in [-0.2, -0.15) is 0 Å². The largest absolute Gasteiger partial charge is 0.381 e. The molecule has 4 heterocycles. The fraction of sp³-hybridized carbons (Fsp3) is 0.500. The molecule has 0 aromatic heterocycles. The molecule has 8 heteroatoms. The summed E-state index contributed by atoms with van der Waals surface area (Å²) < 4.78 is 5.46. The Kier molecular flexibility index (Phi) is 3.80. The van der Waals surface area contributed by atoms with Crippen LogP contribution in [0.3, 0.4) is 0 Å². The van der Waals surface area contributed by atoms with Crippen LogP contribution < -0.4 is 5.32 Å². The van der Waals surface area contributed by atoms with E-state index >= 15 is 0 Å². The maximum absolute atomic E-state index is 12.8. The van der Waals surface area contributed by atoms with Crippen LogP contribution in [0.5, 0.6) is 0 Å². The number of nitrogens with one attached hydrogen (secondary N) is 1. The first kappa shape index (κ1) is 17.4. The second kappa shape index (κ2) is 6.13. The maximum atomic E-state index is 12.8. The molecule has 0 saturated carbocycles. The van der Waals surface area contributed by atoms with Crippen molar-refractivity contribution in [2.75, 3.05) is 26.3 Å². The maximum Gasteiger partial charge on any atom is 0.255 e. The fourth-order valence-corrected chi connectivity index (χ4v) is 4.70. The molecular formula is C20H21N3O5. The van der Waals surface area contributed by atoms with Crippen LogP contribution in [0.2, 0.25) is 0 Å². The number of likely N-dealkylation sites (tertiary alicyclic amines) is 1. The molecule has 0 radical (unpaired) electrons. The predicted octanol–water partition coefficient (Wildman–Crippen LogP) is 0.310. The Bertz CT molecular complexity index is 897.